The van der Waals surface area contributed by atoms with Crippen LogP contribution in [0, 0.1) is 10.1 Å². The molecule has 0 saturated carbocycles. The van der Waals surface area contributed by atoms with E-state index < -0.39 is 4.92 Å². The van der Waals surface area contributed by atoms with Gasteiger partial charge >= 0.3 is 0 Å². The lowest BCUT2D eigenvalue weighted by Crippen LogP contribution is -2.19. The lowest BCUT2D eigenvalue weighted by atomic mass is 10.1. The van der Waals surface area contributed by atoms with E-state index in [1.54, 1.807) is 19.1 Å². The lowest BCUT2D eigenvalue weighted by Gasteiger charge is -2.01. The van der Waals surface area contributed by atoms with Crippen LogP contribution in [0.15, 0.2) is 29.4 Å². The number of halogens is 1. The Hall–Kier alpha value is -1.95. The van der Waals surface area contributed by atoms with E-state index in [2.05, 4.69) is 10.5 Å². The number of hydrogen-bond donors (Lipinski definition) is 1. The number of nitro benzene ring substituents is 1. The molecule has 0 aliphatic heterocycles. The first kappa shape index (κ1) is 14.1. The number of amides is 1. The second-order valence-corrected chi connectivity index (χ2v) is 3.85. The van der Waals surface area contributed by atoms with Crippen LogP contribution in [0.5, 0.6) is 0 Å². The number of nitrogens with one attached hydrogen (secondary N) is 1. The van der Waals surface area contributed by atoms with Crippen molar-refractivity contribution >= 4 is 28.9 Å². The SMILES string of the molecule is CC(=NNC(=O)CCCl)c1ccc([N+](=O)[O-])cc1. The minimum absolute atomic E-state index is 0.0118. The van der Waals surface area contributed by atoms with Crippen molar-refractivity contribution in [2.24, 2.45) is 5.10 Å². The third-order valence-corrected chi connectivity index (χ3v) is 2.35. The fourth-order valence-corrected chi connectivity index (χ4v) is 1.35. The summed E-state index contributed by atoms with van der Waals surface area (Å²) in [7, 11) is 0. The number of non-ortho nitro benzene ring substituents is 1. The Balaban J connectivity index is 2.71. The van der Waals surface area contributed by atoms with Gasteiger partial charge in [-0.15, -0.1) is 11.6 Å². The van der Waals surface area contributed by atoms with Crippen LogP contribution in [0.1, 0.15) is 18.9 Å². The van der Waals surface area contributed by atoms with Crippen LogP contribution in [0.3, 0.4) is 0 Å². The number of carbonyl (C=O) groups excluding carboxylic acids is 1. The monoisotopic (exact) mass is 269 g/mol. The third kappa shape index (κ3) is 4.14. The van der Waals surface area contributed by atoms with Crippen molar-refractivity contribution in [3.05, 3.63) is 39.9 Å². The van der Waals surface area contributed by atoms with Crippen molar-refractivity contribution in [3.63, 3.8) is 0 Å². The molecule has 7 heteroatoms. The molecular formula is C11H12ClN3O3. The van der Waals surface area contributed by atoms with Gasteiger partial charge < -0.3 is 0 Å². The molecule has 1 rings (SSSR count). The van der Waals surface area contributed by atoms with E-state index in [4.69, 9.17) is 11.6 Å². The summed E-state index contributed by atoms with van der Waals surface area (Å²) in [6.45, 7) is 1.70. The molecule has 0 aromatic heterocycles. The normalized spacial score (nSPS) is 11.1. The molecule has 0 aliphatic rings. The van der Waals surface area contributed by atoms with E-state index in [9.17, 15) is 14.9 Å². The standard InChI is InChI=1S/C11H12ClN3O3/c1-8(13-14-11(16)6-7-12)9-2-4-10(5-3-9)15(17)18/h2-5H,6-7H2,1H3,(H,14,16). The Morgan fingerprint density at radius 2 is 2.06 bits per heavy atom. The Bertz CT molecular complexity index is 471. The number of benzene rings is 1. The van der Waals surface area contributed by atoms with Gasteiger partial charge in [-0.05, 0) is 24.6 Å². The van der Waals surface area contributed by atoms with Crippen molar-refractivity contribution in [3.8, 4) is 0 Å². The maximum atomic E-state index is 11.1. The molecule has 0 unspecified atom stereocenters. The highest BCUT2D eigenvalue weighted by Crippen LogP contribution is 2.12. The van der Waals surface area contributed by atoms with Crippen LogP contribution in [0.4, 0.5) is 5.69 Å². The zero-order valence-corrected chi connectivity index (χ0v) is 10.5. The van der Waals surface area contributed by atoms with Crippen molar-refractivity contribution in [2.75, 3.05) is 5.88 Å². The summed E-state index contributed by atoms with van der Waals surface area (Å²) in [5, 5.41) is 14.4. The van der Waals surface area contributed by atoms with Crippen molar-refractivity contribution in [2.45, 2.75) is 13.3 Å². The van der Waals surface area contributed by atoms with E-state index in [1.807, 2.05) is 0 Å². The molecule has 0 radical (unpaired) electrons. The Labute approximate surface area is 109 Å². The lowest BCUT2D eigenvalue weighted by molar-refractivity contribution is -0.384. The number of carbonyl (C=O) groups is 1. The van der Waals surface area contributed by atoms with Crippen molar-refractivity contribution < 1.29 is 9.72 Å². The molecule has 0 aliphatic carbocycles. The van der Waals surface area contributed by atoms with E-state index in [1.165, 1.54) is 12.1 Å². The number of alkyl halides is 1. The van der Waals surface area contributed by atoms with Crippen LogP contribution in [0.2, 0.25) is 0 Å². The summed E-state index contributed by atoms with van der Waals surface area (Å²) in [5.74, 6) is -0.0379. The molecule has 0 fully saturated rings. The predicted molar refractivity (Wildman–Crippen MR) is 68.8 cm³/mol. The average molecular weight is 270 g/mol. The summed E-state index contributed by atoms with van der Waals surface area (Å²) in [6, 6.07) is 5.92. The van der Waals surface area contributed by atoms with E-state index in [0.717, 1.165) is 0 Å². The topological polar surface area (TPSA) is 84.6 Å². The van der Waals surface area contributed by atoms with Gasteiger partial charge in [-0.25, -0.2) is 5.43 Å². The smallest absolute Gasteiger partial charge is 0.269 e. The number of nitrogens with zero attached hydrogens (tertiary/aromatic N) is 2. The Kier molecular flexibility index (Phi) is 5.26. The van der Waals surface area contributed by atoms with Gasteiger partial charge in [0.1, 0.15) is 0 Å². The molecule has 96 valence electrons. The zero-order chi connectivity index (χ0) is 13.5. The average Bonchev–Trinajstić information content (AvgIpc) is 2.36. The first-order valence-electron chi connectivity index (χ1n) is 5.18. The fraction of sp³-hybridized carbons (Fsp3) is 0.273. The maximum absolute atomic E-state index is 11.1. The molecule has 0 heterocycles. The fourth-order valence-electron chi connectivity index (χ4n) is 1.18. The molecular weight excluding hydrogens is 258 g/mol. The van der Waals surface area contributed by atoms with Crippen molar-refractivity contribution in [1.29, 1.82) is 0 Å². The highest BCUT2D eigenvalue weighted by Gasteiger charge is 2.05. The maximum Gasteiger partial charge on any atom is 0.269 e. The number of hydrogen-bond acceptors (Lipinski definition) is 4. The van der Waals surface area contributed by atoms with Crippen LogP contribution >= 0.6 is 11.6 Å². The molecule has 1 aromatic carbocycles. The van der Waals surface area contributed by atoms with E-state index >= 15 is 0 Å². The van der Waals surface area contributed by atoms with Gasteiger partial charge in [0, 0.05) is 24.4 Å². The van der Waals surface area contributed by atoms with Gasteiger partial charge in [0.25, 0.3) is 5.69 Å². The van der Waals surface area contributed by atoms with Crippen LogP contribution < -0.4 is 5.43 Å². The Morgan fingerprint density at radius 3 is 2.56 bits per heavy atom. The largest absolute Gasteiger partial charge is 0.273 e. The molecule has 0 saturated heterocycles. The zero-order valence-electron chi connectivity index (χ0n) is 9.72. The first-order chi connectivity index (χ1) is 8.54. The van der Waals surface area contributed by atoms with Crippen LogP contribution in [-0.2, 0) is 4.79 Å². The Morgan fingerprint density at radius 1 is 1.44 bits per heavy atom. The van der Waals surface area contributed by atoms with Gasteiger partial charge in [0.05, 0.1) is 10.6 Å². The van der Waals surface area contributed by atoms with E-state index in [-0.39, 0.29) is 23.9 Å². The molecule has 1 aromatic rings. The summed E-state index contributed by atoms with van der Waals surface area (Å²) in [4.78, 5) is 21.1. The second-order valence-electron chi connectivity index (χ2n) is 3.48. The van der Waals surface area contributed by atoms with Crippen molar-refractivity contribution in [1.82, 2.24) is 5.43 Å². The second kappa shape index (κ2) is 6.70. The first-order valence-corrected chi connectivity index (χ1v) is 5.72. The molecule has 18 heavy (non-hydrogen) atoms. The number of hydrazone groups is 1. The summed E-state index contributed by atoms with van der Waals surface area (Å²) >= 11 is 5.40. The molecule has 0 atom stereocenters. The molecule has 6 nitrogen and oxygen atoms in total. The number of nitro groups is 1. The van der Waals surface area contributed by atoms with Gasteiger partial charge in [0.15, 0.2) is 0 Å². The minimum atomic E-state index is -0.474. The van der Waals surface area contributed by atoms with Crippen LogP contribution in [0.25, 0.3) is 0 Å². The van der Waals surface area contributed by atoms with E-state index in [0.29, 0.717) is 11.3 Å². The minimum Gasteiger partial charge on any atom is -0.273 e. The molecule has 0 spiro atoms. The number of rotatable bonds is 5. The highest BCUT2D eigenvalue weighted by atomic mass is 35.5. The molecule has 0 bridgehead atoms. The van der Waals surface area contributed by atoms with Gasteiger partial charge in [0.2, 0.25) is 5.91 Å². The molecule has 1 amide bonds. The third-order valence-electron chi connectivity index (χ3n) is 2.17. The van der Waals surface area contributed by atoms with Gasteiger partial charge in [-0.2, -0.15) is 5.10 Å². The van der Waals surface area contributed by atoms with Crippen LogP contribution in [-0.4, -0.2) is 22.4 Å². The highest BCUT2D eigenvalue weighted by molar-refractivity contribution is 6.18. The summed E-state index contributed by atoms with van der Waals surface area (Å²) in [6.07, 6.45) is 0.193. The van der Waals surface area contributed by atoms with Gasteiger partial charge in [-0.3, -0.25) is 14.9 Å². The van der Waals surface area contributed by atoms with Gasteiger partial charge in [-0.1, -0.05) is 0 Å². The quantitative estimate of drug-likeness (QED) is 0.384. The predicted octanol–water partition coefficient (Wildman–Crippen LogP) is 2.06. The summed E-state index contributed by atoms with van der Waals surface area (Å²) < 4.78 is 0. The molecule has 1 N–H and O–H groups in total. The summed E-state index contributed by atoms with van der Waals surface area (Å²) in [5.41, 5.74) is 3.63.